The molecule has 0 radical (unpaired) electrons. The lowest BCUT2D eigenvalue weighted by Crippen LogP contribution is -2.43. The Hall–Kier alpha value is -1.51. The SMILES string of the molecule is CC[S@](=O)[C@@H]1CCC[C@@H](NC(=O)Nc2ccn(CC(F)F)n2)C1. The molecule has 0 bridgehead atoms. The van der Waals surface area contributed by atoms with Crippen LogP contribution >= 0.6 is 0 Å². The van der Waals surface area contributed by atoms with Gasteiger partial charge in [0.2, 0.25) is 0 Å². The second-order valence-electron chi connectivity index (χ2n) is 5.57. The van der Waals surface area contributed by atoms with E-state index in [9.17, 15) is 17.8 Å². The molecule has 0 spiro atoms. The second-order valence-corrected chi connectivity index (χ2v) is 7.57. The highest BCUT2D eigenvalue weighted by molar-refractivity contribution is 7.85. The van der Waals surface area contributed by atoms with Gasteiger partial charge in [-0.15, -0.1) is 0 Å². The van der Waals surface area contributed by atoms with E-state index in [1.165, 1.54) is 12.3 Å². The Kier molecular flexibility index (Phi) is 6.49. The van der Waals surface area contributed by atoms with Crippen LogP contribution in [0.1, 0.15) is 32.6 Å². The molecule has 130 valence electrons. The third-order valence-electron chi connectivity index (χ3n) is 3.82. The third-order valence-corrected chi connectivity index (χ3v) is 5.57. The summed E-state index contributed by atoms with van der Waals surface area (Å²) < 4.78 is 37.5. The second kappa shape index (κ2) is 8.37. The topological polar surface area (TPSA) is 76.0 Å². The molecule has 1 heterocycles. The average Bonchev–Trinajstić information content (AvgIpc) is 2.92. The number of amides is 2. The normalized spacial score (nSPS) is 22.8. The molecule has 9 heteroatoms. The zero-order valence-electron chi connectivity index (χ0n) is 13.0. The van der Waals surface area contributed by atoms with Crippen molar-refractivity contribution in [2.75, 3.05) is 11.1 Å². The van der Waals surface area contributed by atoms with E-state index in [2.05, 4.69) is 15.7 Å². The van der Waals surface area contributed by atoms with Crippen LogP contribution in [-0.2, 0) is 17.3 Å². The van der Waals surface area contributed by atoms with Crippen LogP contribution in [0.15, 0.2) is 12.3 Å². The first-order valence-electron chi connectivity index (χ1n) is 7.74. The fourth-order valence-electron chi connectivity index (χ4n) is 2.76. The predicted molar refractivity (Wildman–Crippen MR) is 85.1 cm³/mol. The number of hydrogen-bond donors (Lipinski definition) is 2. The Morgan fingerprint density at radius 1 is 1.52 bits per heavy atom. The molecule has 1 aliphatic carbocycles. The maximum absolute atomic E-state index is 12.2. The molecule has 2 N–H and O–H groups in total. The molecule has 2 rings (SSSR count). The van der Waals surface area contributed by atoms with E-state index < -0.39 is 29.8 Å². The van der Waals surface area contributed by atoms with Crippen LogP contribution in [-0.4, -0.2) is 43.5 Å². The van der Waals surface area contributed by atoms with E-state index in [1.807, 2.05) is 6.92 Å². The smallest absolute Gasteiger partial charge is 0.320 e. The van der Waals surface area contributed by atoms with E-state index in [-0.39, 0.29) is 17.1 Å². The van der Waals surface area contributed by atoms with Crippen LogP contribution in [0, 0.1) is 0 Å². The van der Waals surface area contributed by atoms with Crippen LogP contribution in [0.4, 0.5) is 19.4 Å². The standard InChI is InChI=1S/C14H22F2N4O2S/c1-2-23(22)11-5-3-4-10(8-11)17-14(21)18-13-6-7-20(19-13)9-12(15)16/h6-7,10-12H,2-5,8-9H2,1H3,(H2,17,18,19,21)/t10-,11-,23+/m1/s1. The number of carbonyl (C=O) groups is 1. The lowest BCUT2D eigenvalue weighted by Gasteiger charge is -2.28. The van der Waals surface area contributed by atoms with E-state index in [1.54, 1.807) is 0 Å². The minimum atomic E-state index is -2.49. The molecule has 23 heavy (non-hydrogen) atoms. The number of rotatable bonds is 6. The Morgan fingerprint density at radius 2 is 2.30 bits per heavy atom. The maximum Gasteiger partial charge on any atom is 0.320 e. The minimum absolute atomic E-state index is 0.0209. The van der Waals surface area contributed by atoms with Gasteiger partial charge >= 0.3 is 6.03 Å². The summed E-state index contributed by atoms with van der Waals surface area (Å²) in [5.41, 5.74) is 0. The largest absolute Gasteiger partial charge is 0.335 e. The predicted octanol–water partition coefficient (Wildman–Crippen LogP) is 2.35. The molecule has 6 nitrogen and oxygen atoms in total. The zero-order valence-corrected chi connectivity index (χ0v) is 13.8. The lowest BCUT2D eigenvalue weighted by molar-refractivity contribution is 0.122. The number of alkyl halides is 2. The van der Waals surface area contributed by atoms with Crippen LogP contribution in [0.5, 0.6) is 0 Å². The molecule has 1 aromatic rings. The van der Waals surface area contributed by atoms with Gasteiger partial charge in [0.25, 0.3) is 6.43 Å². The van der Waals surface area contributed by atoms with Gasteiger partial charge in [-0.2, -0.15) is 5.10 Å². The van der Waals surface area contributed by atoms with Gasteiger partial charge in [0.1, 0.15) is 6.54 Å². The Bertz CT molecular complexity index is 553. The van der Waals surface area contributed by atoms with Gasteiger partial charge in [0.05, 0.1) is 0 Å². The first-order valence-corrected chi connectivity index (χ1v) is 9.12. The van der Waals surface area contributed by atoms with Crippen molar-refractivity contribution in [1.29, 1.82) is 0 Å². The van der Waals surface area contributed by atoms with Crippen molar-refractivity contribution in [2.45, 2.75) is 56.9 Å². The van der Waals surface area contributed by atoms with Crippen molar-refractivity contribution in [3.05, 3.63) is 12.3 Å². The van der Waals surface area contributed by atoms with Crippen molar-refractivity contribution >= 4 is 22.6 Å². The van der Waals surface area contributed by atoms with Crippen molar-refractivity contribution in [3.63, 3.8) is 0 Å². The van der Waals surface area contributed by atoms with E-state index >= 15 is 0 Å². The highest BCUT2D eigenvalue weighted by Gasteiger charge is 2.26. The number of urea groups is 1. The van der Waals surface area contributed by atoms with E-state index in [0.29, 0.717) is 12.2 Å². The number of halogens is 2. The number of nitrogens with one attached hydrogen (secondary N) is 2. The molecule has 1 aromatic heterocycles. The number of carbonyl (C=O) groups excluding carboxylic acids is 1. The van der Waals surface area contributed by atoms with Crippen LogP contribution in [0.2, 0.25) is 0 Å². The van der Waals surface area contributed by atoms with Crippen molar-refractivity contribution in [3.8, 4) is 0 Å². The fraction of sp³-hybridized carbons (Fsp3) is 0.714. The van der Waals surface area contributed by atoms with Gasteiger partial charge in [0, 0.05) is 40.1 Å². The highest BCUT2D eigenvalue weighted by Crippen LogP contribution is 2.23. The van der Waals surface area contributed by atoms with Gasteiger partial charge in [-0.1, -0.05) is 13.3 Å². The summed E-state index contributed by atoms with van der Waals surface area (Å²) in [6.45, 7) is 1.39. The molecule has 1 saturated carbocycles. The van der Waals surface area contributed by atoms with Gasteiger partial charge in [0.15, 0.2) is 5.82 Å². The summed E-state index contributed by atoms with van der Waals surface area (Å²) >= 11 is 0. The molecule has 0 aromatic carbocycles. The molecule has 0 unspecified atom stereocenters. The molecular formula is C14H22F2N4O2S. The van der Waals surface area contributed by atoms with Crippen molar-refractivity contribution < 1.29 is 17.8 Å². The third kappa shape index (κ3) is 5.56. The minimum Gasteiger partial charge on any atom is -0.335 e. The average molecular weight is 348 g/mol. The molecular weight excluding hydrogens is 326 g/mol. The Balaban J connectivity index is 1.82. The van der Waals surface area contributed by atoms with E-state index in [4.69, 9.17) is 0 Å². The van der Waals surface area contributed by atoms with E-state index in [0.717, 1.165) is 23.9 Å². The summed E-state index contributed by atoms with van der Waals surface area (Å²) in [6.07, 6.45) is 2.32. The monoisotopic (exact) mass is 348 g/mol. The Morgan fingerprint density at radius 3 is 3.00 bits per heavy atom. The summed E-state index contributed by atoms with van der Waals surface area (Å²) in [7, 11) is -0.848. The number of aromatic nitrogens is 2. The van der Waals surface area contributed by atoms with Gasteiger partial charge < -0.3 is 5.32 Å². The molecule has 0 aliphatic heterocycles. The molecule has 1 fully saturated rings. The highest BCUT2D eigenvalue weighted by atomic mass is 32.2. The van der Waals surface area contributed by atoms with Crippen molar-refractivity contribution in [1.82, 2.24) is 15.1 Å². The maximum atomic E-state index is 12.2. The van der Waals surface area contributed by atoms with Crippen LogP contribution in [0.3, 0.4) is 0 Å². The quantitative estimate of drug-likeness (QED) is 0.828. The number of nitrogens with zero attached hydrogens (tertiary/aromatic N) is 2. The molecule has 3 atom stereocenters. The van der Waals surface area contributed by atoms with Gasteiger partial charge in [-0.25, -0.2) is 13.6 Å². The van der Waals surface area contributed by atoms with Gasteiger partial charge in [-0.05, 0) is 19.3 Å². The van der Waals surface area contributed by atoms with Crippen molar-refractivity contribution in [2.24, 2.45) is 0 Å². The Labute approximate surface area is 136 Å². The first-order chi connectivity index (χ1) is 11.0. The van der Waals surface area contributed by atoms with Crippen LogP contribution in [0.25, 0.3) is 0 Å². The first kappa shape index (κ1) is 17.8. The summed E-state index contributed by atoms with van der Waals surface area (Å²) in [5.74, 6) is 0.859. The summed E-state index contributed by atoms with van der Waals surface area (Å²) in [5, 5.41) is 9.37. The summed E-state index contributed by atoms with van der Waals surface area (Å²) in [4.78, 5) is 12.0. The molecule has 0 saturated heterocycles. The van der Waals surface area contributed by atoms with Crippen LogP contribution < -0.4 is 10.6 Å². The number of hydrogen-bond acceptors (Lipinski definition) is 3. The van der Waals surface area contributed by atoms with Gasteiger partial charge in [-0.3, -0.25) is 14.2 Å². The zero-order chi connectivity index (χ0) is 16.8. The summed E-state index contributed by atoms with van der Waals surface area (Å²) in [6, 6.07) is 1.03. The molecule has 2 amide bonds. The molecule has 1 aliphatic rings. The number of anilines is 1. The fourth-order valence-corrected chi connectivity index (χ4v) is 4.11. The lowest BCUT2D eigenvalue weighted by atomic mass is 9.95.